The molecule has 2 N–H and O–H groups in total. The van der Waals surface area contributed by atoms with E-state index in [4.69, 9.17) is 5.73 Å². The number of carbonyl (C=O) groups is 1. The molecule has 3 rings (SSSR count). The monoisotopic (exact) mass is 394 g/mol. The third kappa shape index (κ3) is 4.04. The molecule has 1 unspecified atom stereocenters. The van der Waals surface area contributed by atoms with E-state index >= 15 is 0 Å². The summed E-state index contributed by atoms with van der Waals surface area (Å²) in [5.74, 6) is -1.03. The molecule has 1 aliphatic heterocycles. The second kappa shape index (κ2) is 7.20. The Kier molecular flexibility index (Phi) is 5.23. The number of piperidine rings is 1. The normalized spacial score (nSPS) is 19.5. The number of amides is 1. The predicted octanol–water partition coefficient (Wildman–Crippen LogP) is 4.71. The number of benzene rings is 2. The van der Waals surface area contributed by atoms with Gasteiger partial charge in [-0.3, -0.25) is 4.79 Å². The van der Waals surface area contributed by atoms with Gasteiger partial charge in [-0.15, -0.1) is 0 Å². The lowest BCUT2D eigenvalue weighted by molar-refractivity contribution is -0.137. The largest absolute Gasteiger partial charge is 0.416 e. The van der Waals surface area contributed by atoms with Crippen molar-refractivity contribution in [3.8, 4) is 11.1 Å². The Hall–Kier alpha value is -2.41. The van der Waals surface area contributed by atoms with Crippen molar-refractivity contribution >= 4 is 5.91 Å². The van der Waals surface area contributed by atoms with Gasteiger partial charge < -0.3 is 10.6 Å². The van der Waals surface area contributed by atoms with Gasteiger partial charge in [0.05, 0.1) is 11.1 Å². The van der Waals surface area contributed by atoms with Crippen LogP contribution in [0.15, 0.2) is 42.5 Å². The number of alkyl halides is 3. The van der Waals surface area contributed by atoms with Gasteiger partial charge in [0.15, 0.2) is 0 Å². The lowest BCUT2D eigenvalue weighted by Gasteiger charge is -2.42. The molecule has 0 radical (unpaired) electrons. The number of likely N-dealkylation sites (tertiary alicyclic amines) is 1. The van der Waals surface area contributed by atoms with Gasteiger partial charge in [0.1, 0.15) is 5.82 Å². The molecule has 0 saturated carbocycles. The standard InChI is InChI=1S/C21H22F4N2O/c1-20(2)12-27(9-8-18(20)26)19(28)17-11-15(22)6-7-16(17)13-4-3-5-14(10-13)21(23,24)25/h3-7,10-11,18H,8-9,12,26H2,1-2H3. The highest BCUT2D eigenvalue weighted by atomic mass is 19.4. The molecule has 0 spiro atoms. The van der Waals surface area contributed by atoms with Crippen molar-refractivity contribution in [2.24, 2.45) is 11.1 Å². The summed E-state index contributed by atoms with van der Waals surface area (Å²) in [7, 11) is 0. The van der Waals surface area contributed by atoms with Gasteiger partial charge in [-0.1, -0.05) is 32.0 Å². The molecular formula is C21H22F4N2O. The Bertz CT molecular complexity index is 892. The lowest BCUT2D eigenvalue weighted by atomic mass is 9.79. The number of halogens is 4. The molecule has 1 heterocycles. The van der Waals surface area contributed by atoms with E-state index in [0.29, 0.717) is 19.5 Å². The number of nitrogens with zero attached hydrogens (tertiary/aromatic N) is 1. The fourth-order valence-electron chi connectivity index (χ4n) is 3.53. The summed E-state index contributed by atoms with van der Waals surface area (Å²) >= 11 is 0. The third-order valence-corrected chi connectivity index (χ3v) is 5.31. The van der Waals surface area contributed by atoms with Crippen molar-refractivity contribution in [2.75, 3.05) is 13.1 Å². The molecule has 1 fully saturated rings. The van der Waals surface area contributed by atoms with Crippen molar-refractivity contribution < 1.29 is 22.4 Å². The summed E-state index contributed by atoms with van der Waals surface area (Å²) < 4.78 is 53.1. The molecule has 1 amide bonds. The van der Waals surface area contributed by atoms with Gasteiger partial charge in [0.2, 0.25) is 0 Å². The third-order valence-electron chi connectivity index (χ3n) is 5.31. The molecular weight excluding hydrogens is 372 g/mol. The van der Waals surface area contributed by atoms with Crippen molar-refractivity contribution in [1.29, 1.82) is 0 Å². The first-order chi connectivity index (χ1) is 13.0. The average Bonchev–Trinajstić information content (AvgIpc) is 2.62. The van der Waals surface area contributed by atoms with Gasteiger partial charge in [-0.05, 0) is 47.2 Å². The summed E-state index contributed by atoms with van der Waals surface area (Å²) in [5, 5.41) is 0. The van der Waals surface area contributed by atoms with E-state index in [1.807, 2.05) is 13.8 Å². The minimum absolute atomic E-state index is 0.0468. The van der Waals surface area contributed by atoms with Crippen LogP contribution >= 0.6 is 0 Å². The minimum Gasteiger partial charge on any atom is -0.338 e. The summed E-state index contributed by atoms with van der Waals surface area (Å²) in [5.41, 5.74) is 5.51. The van der Waals surface area contributed by atoms with E-state index in [1.165, 1.54) is 18.2 Å². The number of hydrogen-bond donors (Lipinski definition) is 1. The zero-order chi connectivity index (χ0) is 20.7. The lowest BCUT2D eigenvalue weighted by Crippen LogP contribution is -2.54. The van der Waals surface area contributed by atoms with Gasteiger partial charge in [0, 0.05) is 19.1 Å². The van der Waals surface area contributed by atoms with Crippen LogP contribution in [0.5, 0.6) is 0 Å². The molecule has 150 valence electrons. The highest BCUT2D eigenvalue weighted by Crippen LogP contribution is 2.35. The van der Waals surface area contributed by atoms with Crippen LogP contribution in [-0.4, -0.2) is 29.9 Å². The van der Waals surface area contributed by atoms with Crippen molar-refractivity contribution in [3.05, 3.63) is 59.4 Å². The summed E-state index contributed by atoms with van der Waals surface area (Å²) in [4.78, 5) is 14.7. The van der Waals surface area contributed by atoms with Crippen LogP contribution in [0, 0.1) is 11.2 Å². The number of rotatable bonds is 2. The first-order valence-corrected chi connectivity index (χ1v) is 9.01. The van der Waals surface area contributed by atoms with Gasteiger partial charge in [-0.2, -0.15) is 13.2 Å². The predicted molar refractivity (Wildman–Crippen MR) is 99.1 cm³/mol. The Morgan fingerprint density at radius 2 is 1.89 bits per heavy atom. The minimum atomic E-state index is -4.51. The Balaban J connectivity index is 2.02. The highest BCUT2D eigenvalue weighted by molar-refractivity contribution is 6.01. The first kappa shape index (κ1) is 20.3. The SMILES string of the molecule is CC1(C)CN(C(=O)c2cc(F)ccc2-c2cccc(C(F)(F)F)c2)CCC1N. The molecule has 0 aromatic heterocycles. The van der Waals surface area contributed by atoms with Crippen LogP contribution in [0.4, 0.5) is 17.6 Å². The van der Waals surface area contributed by atoms with Crippen LogP contribution < -0.4 is 5.73 Å². The van der Waals surface area contributed by atoms with Crippen LogP contribution in [0.3, 0.4) is 0 Å². The molecule has 1 aliphatic rings. The zero-order valence-electron chi connectivity index (χ0n) is 15.7. The molecule has 0 bridgehead atoms. The Labute approximate surface area is 161 Å². The second-order valence-electron chi connectivity index (χ2n) is 7.88. The molecule has 0 aliphatic carbocycles. The van der Waals surface area contributed by atoms with E-state index < -0.39 is 23.5 Å². The van der Waals surface area contributed by atoms with Crippen LogP contribution in [0.2, 0.25) is 0 Å². The fourth-order valence-corrected chi connectivity index (χ4v) is 3.53. The smallest absolute Gasteiger partial charge is 0.338 e. The topological polar surface area (TPSA) is 46.3 Å². The number of hydrogen-bond acceptors (Lipinski definition) is 2. The van der Waals surface area contributed by atoms with E-state index in [1.54, 1.807) is 4.90 Å². The number of carbonyl (C=O) groups excluding carboxylic acids is 1. The molecule has 2 aromatic carbocycles. The van der Waals surface area contributed by atoms with Gasteiger partial charge >= 0.3 is 6.18 Å². The quantitative estimate of drug-likeness (QED) is 0.750. The maximum absolute atomic E-state index is 13.9. The molecule has 1 saturated heterocycles. The molecule has 7 heteroatoms. The first-order valence-electron chi connectivity index (χ1n) is 9.01. The van der Waals surface area contributed by atoms with E-state index in [2.05, 4.69) is 0 Å². The summed E-state index contributed by atoms with van der Waals surface area (Å²) in [6, 6.07) is 8.20. The van der Waals surface area contributed by atoms with Crippen molar-refractivity contribution in [1.82, 2.24) is 4.90 Å². The summed E-state index contributed by atoms with van der Waals surface area (Å²) in [6.07, 6.45) is -3.90. The van der Waals surface area contributed by atoms with Crippen molar-refractivity contribution in [2.45, 2.75) is 32.5 Å². The molecule has 1 atom stereocenters. The highest BCUT2D eigenvalue weighted by Gasteiger charge is 2.36. The van der Waals surface area contributed by atoms with E-state index in [9.17, 15) is 22.4 Å². The second-order valence-corrected chi connectivity index (χ2v) is 7.88. The van der Waals surface area contributed by atoms with Crippen LogP contribution in [0.1, 0.15) is 36.2 Å². The maximum atomic E-state index is 13.9. The summed E-state index contributed by atoms with van der Waals surface area (Å²) in [6.45, 7) is 4.72. The van der Waals surface area contributed by atoms with Gasteiger partial charge in [0.25, 0.3) is 5.91 Å². The Morgan fingerprint density at radius 3 is 2.54 bits per heavy atom. The van der Waals surface area contributed by atoms with Crippen molar-refractivity contribution in [3.63, 3.8) is 0 Å². The molecule has 3 nitrogen and oxygen atoms in total. The van der Waals surface area contributed by atoms with Crippen LogP contribution in [-0.2, 0) is 6.18 Å². The molecule has 28 heavy (non-hydrogen) atoms. The van der Waals surface area contributed by atoms with Gasteiger partial charge in [-0.25, -0.2) is 4.39 Å². The molecule has 2 aromatic rings. The number of nitrogens with two attached hydrogens (primary N) is 1. The van der Waals surface area contributed by atoms with E-state index in [-0.39, 0.29) is 28.1 Å². The van der Waals surface area contributed by atoms with Crippen LogP contribution in [0.25, 0.3) is 11.1 Å². The average molecular weight is 394 g/mol. The Morgan fingerprint density at radius 1 is 1.18 bits per heavy atom. The fraction of sp³-hybridized carbons (Fsp3) is 0.381. The zero-order valence-corrected chi connectivity index (χ0v) is 15.7. The van der Waals surface area contributed by atoms with E-state index in [0.717, 1.165) is 24.3 Å². The maximum Gasteiger partial charge on any atom is 0.416 e.